The minimum absolute atomic E-state index is 0.201. The normalized spacial score (nSPS) is 10.5. The molecule has 1 aromatic carbocycles. The molecule has 0 spiro atoms. The number of hydrogen-bond acceptors (Lipinski definition) is 5. The van der Waals surface area contributed by atoms with Crippen LogP contribution in [-0.4, -0.2) is 16.0 Å². The summed E-state index contributed by atoms with van der Waals surface area (Å²) in [5.41, 5.74) is 8.81. The predicted octanol–water partition coefficient (Wildman–Crippen LogP) is 1.51. The summed E-state index contributed by atoms with van der Waals surface area (Å²) < 4.78 is 4.92. The van der Waals surface area contributed by atoms with E-state index in [1.54, 1.807) is 13.0 Å². The molecule has 0 saturated carbocycles. The van der Waals surface area contributed by atoms with Crippen molar-refractivity contribution in [1.82, 2.24) is 15.5 Å². The fourth-order valence-corrected chi connectivity index (χ4v) is 1.78. The van der Waals surface area contributed by atoms with E-state index in [1.807, 2.05) is 19.9 Å². The number of aryl methyl sites for hydroxylation is 3. The van der Waals surface area contributed by atoms with Crippen LogP contribution in [0.15, 0.2) is 16.7 Å². The van der Waals surface area contributed by atoms with Crippen LogP contribution in [0.3, 0.4) is 0 Å². The molecule has 0 aliphatic heterocycles. The van der Waals surface area contributed by atoms with Gasteiger partial charge in [0.25, 0.3) is 5.91 Å². The van der Waals surface area contributed by atoms with Crippen molar-refractivity contribution in [1.29, 1.82) is 0 Å². The van der Waals surface area contributed by atoms with Gasteiger partial charge in [-0.1, -0.05) is 11.2 Å². The summed E-state index contributed by atoms with van der Waals surface area (Å²) in [5, 5.41) is 6.38. The molecule has 3 N–H and O–H groups in total. The molecule has 6 heteroatoms. The van der Waals surface area contributed by atoms with Gasteiger partial charge in [-0.25, -0.2) is 0 Å². The quantitative estimate of drug-likeness (QED) is 0.816. The van der Waals surface area contributed by atoms with Crippen LogP contribution < -0.4 is 11.1 Å². The number of nitrogens with one attached hydrogen (secondary N) is 1. The Morgan fingerprint density at radius 2 is 2.05 bits per heavy atom. The summed E-state index contributed by atoms with van der Waals surface area (Å²) in [5.74, 6) is 0.712. The van der Waals surface area contributed by atoms with E-state index in [-0.39, 0.29) is 12.5 Å². The Kier molecular flexibility index (Phi) is 3.50. The molecule has 0 radical (unpaired) electrons. The molecule has 0 bridgehead atoms. The molecule has 0 fully saturated rings. The number of benzene rings is 1. The molecule has 0 aliphatic rings. The smallest absolute Gasteiger partial charge is 0.252 e. The minimum Gasteiger partial charge on any atom is -0.398 e. The maximum absolute atomic E-state index is 12.1. The SMILES string of the molecule is Cc1noc(CNC(=O)c2cc(N)c(C)cc2C)n1. The monoisotopic (exact) mass is 260 g/mol. The average molecular weight is 260 g/mol. The lowest BCUT2D eigenvalue weighted by molar-refractivity contribution is 0.0945. The van der Waals surface area contributed by atoms with Crippen LogP contribution >= 0.6 is 0 Å². The molecule has 0 atom stereocenters. The second-order valence-corrected chi connectivity index (χ2v) is 4.44. The molecule has 1 heterocycles. The lowest BCUT2D eigenvalue weighted by Crippen LogP contribution is -2.24. The molecule has 1 aromatic heterocycles. The molecule has 2 aromatic rings. The molecule has 6 nitrogen and oxygen atoms in total. The van der Waals surface area contributed by atoms with Gasteiger partial charge in [-0.15, -0.1) is 0 Å². The van der Waals surface area contributed by atoms with Gasteiger partial charge in [-0.05, 0) is 38.0 Å². The first-order valence-electron chi connectivity index (χ1n) is 5.91. The van der Waals surface area contributed by atoms with Gasteiger partial charge in [0.1, 0.15) is 0 Å². The molecule has 0 aliphatic carbocycles. The van der Waals surface area contributed by atoms with Gasteiger partial charge in [0.15, 0.2) is 5.82 Å². The number of aromatic nitrogens is 2. The van der Waals surface area contributed by atoms with Gasteiger partial charge in [0.2, 0.25) is 5.89 Å². The fraction of sp³-hybridized carbons (Fsp3) is 0.308. The summed E-state index contributed by atoms with van der Waals surface area (Å²) in [4.78, 5) is 16.1. The van der Waals surface area contributed by atoms with E-state index in [1.165, 1.54) is 0 Å². The van der Waals surface area contributed by atoms with Crippen LogP contribution in [0.5, 0.6) is 0 Å². The molecule has 2 rings (SSSR count). The minimum atomic E-state index is -0.208. The second-order valence-electron chi connectivity index (χ2n) is 4.44. The van der Waals surface area contributed by atoms with Crippen molar-refractivity contribution in [3.05, 3.63) is 40.5 Å². The summed E-state index contributed by atoms with van der Waals surface area (Å²) in [6.07, 6.45) is 0. The van der Waals surface area contributed by atoms with Crippen LogP contribution in [0, 0.1) is 20.8 Å². The standard InChI is InChI=1S/C13H16N4O2/c1-7-4-8(2)11(14)5-10(7)13(18)15-6-12-16-9(3)17-19-12/h4-5H,6,14H2,1-3H3,(H,15,18). The predicted molar refractivity (Wildman–Crippen MR) is 70.5 cm³/mol. The maximum Gasteiger partial charge on any atom is 0.252 e. The first kappa shape index (κ1) is 13.1. The number of rotatable bonds is 3. The van der Waals surface area contributed by atoms with Crippen LogP contribution in [0.4, 0.5) is 5.69 Å². The molecular formula is C13H16N4O2. The number of nitrogen functional groups attached to an aromatic ring is 1. The highest BCUT2D eigenvalue weighted by Crippen LogP contribution is 2.17. The number of carbonyl (C=O) groups excluding carboxylic acids is 1. The molecular weight excluding hydrogens is 244 g/mol. The third kappa shape index (κ3) is 2.90. The van der Waals surface area contributed by atoms with Crippen LogP contribution in [0.25, 0.3) is 0 Å². The van der Waals surface area contributed by atoms with Crippen molar-refractivity contribution in [2.45, 2.75) is 27.3 Å². The van der Waals surface area contributed by atoms with Crippen molar-refractivity contribution in [3.63, 3.8) is 0 Å². The van der Waals surface area contributed by atoms with Crippen molar-refractivity contribution >= 4 is 11.6 Å². The zero-order chi connectivity index (χ0) is 14.0. The van der Waals surface area contributed by atoms with E-state index in [4.69, 9.17) is 10.3 Å². The lowest BCUT2D eigenvalue weighted by atomic mass is 10.0. The van der Waals surface area contributed by atoms with Gasteiger partial charge in [-0.2, -0.15) is 4.98 Å². The molecule has 1 amide bonds. The Labute approximate surface area is 111 Å². The Morgan fingerprint density at radius 1 is 1.32 bits per heavy atom. The number of carbonyl (C=O) groups is 1. The van der Waals surface area contributed by atoms with Crippen molar-refractivity contribution in [3.8, 4) is 0 Å². The summed E-state index contributed by atoms with van der Waals surface area (Å²) in [7, 11) is 0. The lowest BCUT2D eigenvalue weighted by Gasteiger charge is -2.09. The molecule has 19 heavy (non-hydrogen) atoms. The topological polar surface area (TPSA) is 94.0 Å². The van der Waals surface area contributed by atoms with Crippen LogP contribution in [0.2, 0.25) is 0 Å². The van der Waals surface area contributed by atoms with E-state index in [0.717, 1.165) is 11.1 Å². The van der Waals surface area contributed by atoms with E-state index in [9.17, 15) is 4.79 Å². The Bertz CT molecular complexity index is 619. The number of nitrogens with two attached hydrogens (primary N) is 1. The van der Waals surface area contributed by atoms with Crippen molar-refractivity contribution in [2.24, 2.45) is 0 Å². The van der Waals surface area contributed by atoms with Crippen LogP contribution in [-0.2, 0) is 6.54 Å². The third-order valence-corrected chi connectivity index (χ3v) is 2.83. The summed E-state index contributed by atoms with van der Waals surface area (Å²) in [6, 6.07) is 3.57. The van der Waals surface area contributed by atoms with Crippen molar-refractivity contribution < 1.29 is 9.32 Å². The fourth-order valence-electron chi connectivity index (χ4n) is 1.78. The van der Waals surface area contributed by atoms with E-state index >= 15 is 0 Å². The summed E-state index contributed by atoms with van der Waals surface area (Å²) >= 11 is 0. The molecule has 100 valence electrons. The van der Waals surface area contributed by atoms with E-state index < -0.39 is 0 Å². The number of anilines is 1. The third-order valence-electron chi connectivity index (χ3n) is 2.83. The summed E-state index contributed by atoms with van der Waals surface area (Å²) in [6.45, 7) is 5.70. The zero-order valence-corrected chi connectivity index (χ0v) is 11.2. The molecule has 0 saturated heterocycles. The highest BCUT2D eigenvalue weighted by Gasteiger charge is 2.12. The first-order valence-corrected chi connectivity index (χ1v) is 5.91. The zero-order valence-electron chi connectivity index (χ0n) is 11.2. The van der Waals surface area contributed by atoms with Gasteiger partial charge >= 0.3 is 0 Å². The van der Waals surface area contributed by atoms with Gasteiger partial charge < -0.3 is 15.6 Å². The average Bonchev–Trinajstić information content (AvgIpc) is 2.77. The Morgan fingerprint density at radius 3 is 2.68 bits per heavy atom. The van der Waals surface area contributed by atoms with E-state index in [0.29, 0.717) is 23.0 Å². The van der Waals surface area contributed by atoms with Gasteiger partial charge in [-0.3, -0.25) is 4.79 Å². The van der Waals surface area contributed by atoms with Gasteiger partial charge in [0, 0.05) is 11.3 Å². The number of hydrogen-bond donors (Lipinski definition) is 2. The Hall–Kier alpha value is -2.37. The van der Waals surface area contributed by atoms with Crippen molar-refractivity contribution in [2.75, 3.05) is 5.73 Å². The van der Waals surface area contributed by atoms with E-state index in [2.05, 4.69) is 15.5 Å². The second kappa shape index (κ2) is 5.09. The molecule has 0 unspecified atom stereocenters. The number of amides is 1. The highest BCUT2D eigenvalue weighted by molar-refractivity contribution is 5.96. The highest BCUT2D eigenvalue weighted by atomic mass is 16.5. The maximum atomic E-state index is 12.1. The largest absolute Gasteiger partial charge is 0.398 e. The Balaban J connectivity index is 2.10. The number of nitrogens with zero attached hydrogens (tertiary/aromatic N) is 2. The van der Waals surface area contributed by atoms with Gasteiger partial charge in [0.05, 0.1) is 6.54 Å². The first-order chi connectivity index (χ1) is 8.97. The van der Waals surface area contributed by atoms with Crippen LogP contribution in [0.1, 0.15) is 33.2 Å².